The van der Waals surface area contributed by atoms with Crippen LogP contribution in [0.3, 0.4) is 0 Å². The van der Waals surface area contributed by atoms with Gasteiger partial charge in [0.15, 0.2) is 0 Å². The number of alkyl halides is 3. The van der Waals surface area contributed by atoms with Crippen LogP contribution in [0.25, 0.3) is 11.1 Å². The molecule has 2 amide bonds. The molecule has 3 aromatic rings. The number of hydrogen-bond donors (Lipinski definition) is 3. The number of halogens is 3. The summed E-state index contributed by atoms with van der Waals surface area (Å²) >= 11 is 0. The van der Waals surface area contributed by atoms with Gasteiger partial charge in [0.1, 0.15) is 11.5 Å². The fourth-order valence-corrected chi connectivity index (χ4v) is 4.17. The predicted octanol–water partition coefficient (Wildman–Crippen LogP) is 6.14. The van der Waals surface area contributed by atoms with Gasteiger partial charge in [-0.05, 0) is 60.4 Å². The molecule has 0 aliphatic carbocycles. The normalized spacial score (nSPS) is 11.9. The molecule has 0 radical (unpaired) electrons. The minimum atomic E-state index is -4.60. The molecule has 3 N–H and O–H groups in total. The predicted molar refractivity (Wildman–Crippen MR) is 140 cm³/mol. The Morgan fingerprint density at radius 1 is 1.00 bits per heavy atom. The topological polar surface area (TPSA) is 96.9 Å². The highest BCUT2D eigenvalue weighted by atomic mass is 19.4. The maximum Gasteiger partial charge on any atom is 0.416 e. The molecule has 10 heteroatoms. The van der Waals surface area contributed by atoms with Crippen LogP contribution < -0.4 is 15.4 Å². The van der Waals surface area contributed by atoms with E-state index in [1.54, 1.807) is 50.2 Å². The average molecular weight is 545 g/mol. The lowest BCUT2D eigenvalue weighted by Crippen LogP contribution is -2.37. The number of carbonyl (C=O) groups excluding carboxylic acids is 2. The van der Waals surface area contributed by atoms with Crippen molar-refractivity contribution in [3.63, 3.8) is 0 Å². The van der Waals surface area contributed by atoms with E-state index < -0.39 is 29.8 Å². The van der Waals surface area contributed by atoms with E-state index in [1.165, 1.54) is 19.2 Å². The van der Waals surface area contributed by atoms with Crippen molar-refractivity contribution in [1.29, 1.82) is 0 Å². The molecule has 0 aliphatic rings. The number of phenolic OH excluding ortho intramolecular Hbond substituents is 1. The molecule has 0 aliphatic heterocycles. The third kappa shape index (κ3) is 7.66. The van der Waals surface area contributed by atoms with Gasteiger partial charge in [-0.1, -0.05) is 37.3 Å². The Kier molecular flexibility index (Phi) is 9.81. The van der Waals surface area contributed by atoms with Crippen molar-refractivity contribution in [2.45, 2.75) is 45.5 Å². The summed E-state index contributed by atoms with van der Waals surface area (Å²) in [6, 6.07) is 13.4. The number of ether oxygens (including phenoxy) is 2. The highest BCUT2D eigenvalue weighted by Gasteiger charge is 2.32. The second-order valence-corrected chi connectivity index (χ2v) is 8.73. The lowest BCUT2D eigenvalue weighted by atomic mass is 9.90. The molecule has 7 nitrogen and oxygen atoms in total. The number of benzene rings is 3. The summed E-state index contributed by atoms with van der Waals surface area (Å²) in [6.45, 7) is 3.68. The second kappa shape index (κ2) is 13.0. The minimum absolute atomic E-state index is 0.0137. The molecule has 0 saturated heterocycles. The van der Waals surface area contributed by atoms with Gasteiger partial charge in [0.05, 0.1) is 31.7 Å². The number of amides is 2. The first-order valence-corrected chi connectivity index (χ1v) is 12.4. The molecule has 0 fully saturated rings. The Hall–Kier alpha value is -4.21. The van der Waals surface area contributed by atoms with E-state index in [9.17, 15) is 27.9 Å². The fraction of sp³-hybridized carbons (Fsp3) is 0.310. The summed E-state index contributed by atoms with van der Waals surface area (Å²) in [4.78, 5) is 24.8. The average Bonchev–Trinajstić information content (AvgIpc) is 2.90. The zero-order valence-corrected chi connectivity index (χ0v) is 21.9. The van der Waals surface area contributed by atoms with Crippen LogP contribution in [0.15, 0.2) is 60.7 Å². The molecule has 0 spiro atoms. The molecule has 39 heavy (non-hydrogen) atoms. The van der Waals surface area contributed by atoms with Crippen LogP contribution in [0, 0.1) is 0 Å². The van der Waals surface area contributed by atoms with Crippen LogP contribution in [0.2, 0.25) is 0 Å². The number of rotatable bonds is 10. The van der Waals surface area contributed by atoms with Crippen LogP contribution in [0.4, 0.5) is 18.0 Å². The number of methoxy groups -OCH3 is 1. The largest absolute Gasteiger partial charge is 0.508 e. The van der Waals surface area contributed by atoms with Crippen molar-refractivity contribution < 1.29 is 37.3 Å². The van der Waals surface area contributed by atoms with Gasteiger partial charge >= 0.3 is 18.2 Å². The Morgan fingerprint density at radius 3 is 2.38 bits per heavy atom. The summed E-state index contributed by atoms with van der Waals surface area (Å²) in [5, 5.41) is 15.3. The zero-order valence-electron chi connectivity index (χ0n) is 21.9. The van der Waals surface area contributed by atoms with Gasteiger partial charge in [0.2, 0.25) is 0 Å². The molecule has 3 aromatic carbocycles. The molecular formula is C29H31F3N2O5. The van der Waals surface area contributed by atoms with E-state index >= 15 is 0 Å². The third-order valence-corrected chi connectivity index (χ3v) is 6.11. The molecule has 0 aromatic heterocycles. The summed E-state index contributed by atoms with van der Waals surface area (Å²) in [5.74, 6) is -0.0299. The highest BCUT2D eigenvalue weighted by molar-refractivity contribution is 5.79. The lowest BCUT2D eigenvalue weighted by molar-refractivity contribution is -0.142. The fourth-order valence-electron chi connectivity index (χ4n) is 4.17. The molecule has 3 rings (SSSR count). The SMILES string of the molecule is CCOC(=O)Cc1ccc(OC)c(-c2ccc(C(F)(F)F)cc2C(CC)NC(=O)NCc2ccccc2O)c1. The van der Waals surface area contributed by atoms with Gasteiger partial charge in [-0.2, -0.15) is 13.2 Å². The van der Waals surface area contributed by atoms with E-state index in [0.717, 1.165) is 12.1 Å². The number of phenols is 1. The maximum atomic E-state index is 13.7. The molecule has 0 saturated carbocycles. The van der Waals surface area contributed by atoms with Crippen molar-refractivity contribution in [1.82, 2.24) is 10.6 Å². The van der Waals surface area contributed by atoms with Gasteiger partial charge < -0.3 is 25.2 Å². The smallest absolute Gasteiger partial charge is 0.416 e. The highest BCUT2D eigenvalue weighted by Crippen LogP contribution is 2.40. The first-order chi connectivity index (χ1) is 18.6. The molecule has 208 valence electrons. The maximum absolute atomic E-state index is 13.7. The van der Waals surface area contributed by atoms with E-state index in [4.69, 9.17) is 9.47 Å². The quantitative estimate of drug-likeness (QED) is 0.266. The summed E-state index contributed by atoms with van der Waals surface area (Å²) in [7, 11) is 1.44. The van der Waals surface area contributed by atoms with Gasteiger partial charge in [0.25, 0.3) is 0 Å². The van der Waals surface area contributed by atoms with Crippen LogP contribution in [0.5, 0.6) is 11.5 Å². The number of para-hydroxylation sites is 1. The molecule has 1 unspecified atom stereocenters. The summed E-state index contributed by atoms with van der Waals surface area (Å²) in [5.41, 5.74) is 1.34. The van der Waals surface area contributed by atoms with E-state index in [-0.39, 0.29) is 37.3 Å². The van der Waals surface area contributed by atoms with Crippen LogP contribution in [-0.2, 0) is 28.7 Å². The van der Waals surface area contributed by atoms with Crippen LogP contribution >= 0.6 is 0 Å². The Labute approximate surface area is 225 Å². The Balaban J connectivity index is 2.00. The van der Waals surface area contributed by atoms with E-state index in [2.05, 4.69) is 10.6 Å². The van der Waals surface area contributed by atoms with Crippen molar-refractivity contribution in [3.8, 4) is 22.6 Å². The minimum Gasteiger partial charge on any atom is -0.508 e. The van der Waals surface area contributed by atoms with Crippen molar-refractivity contribution >= 4 is 12.0 Å². The van der Waals surface area contributed by atoms with Crippen LogP contribution in [0.1, 0.15) is 48.6 Å². The number of carbonyl (C=O) groups is 2. The zero-order chi connectivity index (χ0) is 28.6. The Morgan fingerprint density at radius 2 is 1.74 bits per heavy atom. The van der Waals surface area contributed by atoms with Gasteiger partial charge in [0, 0.05) is 17.7 Å². The summed E-state index contributed by atoms with van der Waals surface area (Å²) < 4.78 is 51.6. The van der Waals surface area contributed by atoms with Gasteiger partial charge in [-0.3, -0.25) is 4.79 Å². The van der Waals surface area contributed by atoms with E-state index in [1.807, 2.05) is 0 Å². The number of aromatic hydroxyl groups is 1. The number of esters is 1. The number of nitrogens with one attached hydrogen (secondary N) is 2. The number of urea groups is 1. The van der Waals surface area contributed by atoms with Gasteiger partial charge in [-0.25, -0.2) is 4.79 Å². The first kappa shape index (κ1) is 29.3. The van der Waals surface area contributed by atoms with E-state index in [0.29, 0.717) is 28.0 Å². The number of hydrogen-bond acceptors (Lipinski definition) is 5. The molecule has 0 heterocycles. The second-order valence-electron chi connectivity index (χ2n) is 8.73. The molecule has 0 bridgehead atoms. The van der Waals surface area contributed by atoms with Crippen LogP contribution in [-0.4, -0.2) is 30.8 Å². The molecular weight excluding hydrogens is 513 g/mol. The third-order valence-electron chi connectivity index (χ3n) is 6.11. The molecule has 1 atom stereocenters. The van der Waals surface area contributed by atoms with Crippen molar-refractivity contribution in [2.24, 2.45) is 0 Å². The van der Waals surface area contributed by atoms with Crippen molar-refractivity contribution in [3.05, 3.63) is 82.9 Å². The first-order valence-electron chi connectivity index (χ1n) is 12.4. The van der Waals surface area contributed by atoms with Gasteiger partial charge in [-0.15, -0.1) is 0 Å². The van der Waals surface area contributed by atoms with Crippen molar-refractivity contribution in [2.75, 3.05) is 13.7 Å². The monoisotopic (exact) mass is 544 g/mol. The summed E-state index contributed by atoms with van der Waals surface area (Å²) in [6.07, 6.45) is -4.34. The standard InChI is InChI=1S/C29H31F3N2O5/c1-4-24(34-28(37)33-17-19-8-6-7-9-25(19)35)22-16-20(29(30,31)32)11-12-21(22)23-14-18(10-13-26(23)38-3)15-27(36)39-5-2/h6-14,16,24,35H,4-5,15,17H2,1-3H3,(H2,33,34,37). The lowest BCUT2D eigenvalue weighted by Gasteiger charge is -2.24. The Bertz CT molecular complexity index is 1310.